The minimum Gasteiger partial charge on any atom is -0.495 e. The van der Waals surface area contributed by atoms with E-state index in [9.17, 15) is 9.59 Å². The highest BCUT2D eigenvalue weighted by atomic mass is 32.2. The Morgan fingerprint density at radius 2 is 2.06 bits per heavy atom. The Kier molecular flexibility index (Phi) is 5.41. The number of benzene rings is 2. The molecule has 0 fully saturated rings. The number of carbonyl (C=O) groups excluding carboxylic acids is 1. The third-order valence-electron chi connectivity index (χ3n) is 5.75. The fraction of sp³-hybridized carbons (Fsp3) is 0.250. The molecule has 2 aromatic heterocycles. The number of nitrogens with one attached hydrogen (secondary N) is 1. The first kappa shape index (κ1) is 21.3. The monoisotopic (exact) mass is 461 g/mol. The first-order chi connectivity index (χ1) is 16.0. The number of ether oxygens (including phenoxy) is 1. The molecule has 0 bridgehead atoms. The van der Waals surface area contributed by atoms with Gasteiger partial charge >= 0.3 is 0 Å². The van der Waals surface area contributed by atoms with Crippen LogP contribution in [-0.2, 0) is 4.79 Å². The molecule has 0 saturated heterocycles. The van der Waals surface area contributed by atoms with Crippen LogP contribution in [0.4, 0.5) is 5.69 Å². The maximum absolute atomic E-state index is 13.4. The van der Waals surface area contributed by atoms with E-state index in [-0.39, 0.29) is 23.9 Å². The molecule has 1 N–H and O–H groups in total. The first-order valence-corrected chi connectivity index (χ1v) is 11.6. The summed E-state index contributed by atoms with van der Waals surface area (Å²) in [7, 11) is 1.56. The van der Waals surface area contributed by atoms with E-state index >= 15 is 0 Å². The van der Waals surface area contributed by atoms with Gasteiger partial charge in [-0.15, -0.1) is 0 Å². The highest BCUT2D eigenvalue weighted by molar-refractivity contribution is 7.99. The molecule has 9 heteroatoms. The highest BCUT2D eigenvalue weighted by Crippen LogP contribution is 2.34. The van der Waals surface area contributed by atoms with Crippen molar-refractivity contribution in [3.63, 3.8) is 0 Å². The Balaban J connectivity index is 1.46. The van der Waals surface area contributed by atoms with Gasteiger partial charge < -0.3 is 10.1 Å². The minimum atomic E-state index is -0.284. The number of aromatic nitrogens is 4. The Labute approximate surface area is 194 Å². The number of carbonyl (C=O) groups is 1. The number of amides is 1. The number of nitrogens with zero attached hydrogens (tertiary/aromatic N) is 4. The zero-order valence-corrected chi connectivity index (χ0v) is 19.3. The van der Waals surface area contributed by atoms with Crippen molar-refractivity contribution < 1.29 is 9.53 Å². The van der Waals surface area contributed by atoms with Crippen LogP contribution in [-0.4, -0.2) is 38.1 Å². The predicted octanol–water partition coefficient (Wildman–Crippen LogP) is 3.88. The zero-order chi connectivity index (χ0) is 23.1. The number of aryl methyl sites for hydroxylation is 2. The second-order valence-electron chi connectivity index (χ2n) is 8.07. The molecule has 33 heavy (non-hydrogen) atoms. The molecular weight excluding hydrogens is 438 g/mol. The first-order valence-electron chi connectivity index (χ1n) is 10.6. The van der Waals surface area contributed by atoms with Crippen molar-refractivity contribution in [3.05, 3.63) is 70.1 Å². The fourth-order valence-electron chi connectivity index (χ4n) is 4.16. The van der Waals surface area contributed by atoms with E-state index in [0.29, 0.717) is 33.4 Å². The van der Waals surface area contributed by atoms with Crippen LogP contribution in [0, 0.1) is 13.8 Å². The third-order valence-corrected chi connectivity index (χ3v) is 6.85. The smallest absolute Gasteiger partial charge is 0.265 e. The second-order valence-corrected chi connectivity index (χ2v) is 9.06. The van der Waals surface area contributed by atoms with Crippen LogP contribution in [0.5, 0.6) is 5.75 Å². The molecule has 0 saturated carbocycles. The Hall–Kier alpha value is -3.59. The molecule has 0 aliphatic carbocycles. The summed E-state index contributed by atoms with van der Waals surface area (Å²) in [6.45, 7) is 4.05. The lowest BCUT2D eigenvalue weighted by Crippen LogP contribution is -2.27. The zero-order valence-electron chi connectivity index (χ0n) is 18.5. The van der Waals surface area contributed by atoms with Crippen LogP contribution in [0.15, 0.2) is 58.6 Å². The summed E-state index contributed by atoms with van der Waals surface area (Å²) in [6.07, 6.45) is 1.72. The van der Waals surface area contributed by atoms with Crippen LogP contribution in [0.25, 0.3) is 16.7 Å². The predicted molar refractivity (Wildman–Crippen MR) is 129 cm³/mol. The van der Waals surface area contributed by atoms with Crippen LogP contribution < -0.4 is 15.6 Å². The van der Waals surface area contributed by atoms with Crippen LogP contribution in [0.3, 0.4) is 0 Å². The lowest BCUT2D eigenvalue weighted by atomic mass is 10.1. The van der Waals surface area contributed by atoms with Gasteiger partial charge in [-0.05, 0) is 37.6 Å². The molecule has 8 nitrogen and oxygen atoms in total. The standard InChI is InChI=1S/C24H23N5O3S/c1-14-8-9-19(15(2)10-14)29-22-17(12-25-29)23(31)28-16(13-33-24(28)27-22)11-21(30)26-18-6-4-5-7-20(18)32-3/h4-10,12,16H,11,13H2,1-3H3,(H,26,30). The van der Waals surface area contributed by atoms with Gasteiger partial charge in [0.1, 0.15) is 11.1 Å². The number of methoxy groups -OCH3 is 1. The number of anilines is 1. The summed E-state index contributed by atoms with van der Waals surface area (Å²) in [4.78, 5) is 30.9. The van der Waals surface area contributed by atoms with E-state index in [2.05, 4.69) is 16.5 Å². The van der Waals surface area contributed by atoms with Gasteiger partial charge in [-0.1, -0.05) is 41.6 Å². The van der Waals surface area contributed by atoms with Crippen molar-refractivity contribution in [2.45, 2.75) is 31.5 Å². The summed E-state index contributed by atoms with van der Waals surface area (Å²) in [5.41, 5.74) is 4.07. The number of thioether (sulfide) groups is 1. The summed E-state index contributed by atoms with van der Waals surface area (Å²) in [5.74, 6) is 1.01. The van der Waals surface area contributed by atoms with Gasteiger partial charge in [-0.25, -0.2) is 9.67 Å². The molecule has 1 aliphatic rings. The van der Waals surface area contributed by atoms with Crippen LogP contribution >= 0.6 is 11.8 Å². The molecule has 1 aliphatic heterocycles. The van der Waals surface area contributed by atoms with Gasteiger partial charge in [-0.2, -0.15) is 5.10 Å². The van der Waals surface area contributed by atoms with Crippen molar-refractivity contribution in [2.75, 3.05) is 18.2 Å². The van der Waals surface area contributed by atoms with Crippen molar-refractivity contribution in [1.82, 2.24) is 19.3 Å². The van der Waals surface area contributed by atoms with Crippen LogP contribution in [0.1, 0.15) is 23.6 Å². The Morgan fingerprint density at radius 1 is 1.24 bits per heavy atom. The molecule has 0 spiro atoms. The maximum atomic E-state index is 13.4. The number of fused-ring (bicyclic) bond motifs is 2. The second kappa shape index (κ2) is 8.40. The quantitative estimate of drug-likeness (QED) is 0.454. The van der Waals surface area contributed by atoms with Gasteiger partial charge in [0.05, 0.1) is 30.7 Å². The summed E-state index contributed by atoms with van der Waals surface area (Å²) in [6, 6.07) is 13.0. The fourth-order valence-corrected chi connectivity index (χ4v) is 5.29. The molecule has 4 aromatic rings. The van der Waals surface area contributed by atoms with E-state index < -0.39 is 0 Å². The average Bonchev–Trinajstić information content (AvgIpc) is 3.39. The average molecular weight is 462 g/mol. The lowest BCUT2D eigenvalue weighted by molar-refractivity contribution is -0.116. The van der Waals surface area contributed by atoms with Gasteiger partial charge in [0, 0.05) is 12.2 Å². The summed E-state index contributed by atoms with van der Waals surface area (Å²) >= 11 is 1.48. The number of hydrogen-bond acceptors (Lipinski definition) is 6. The molecule has 5 rings (SSSR count). The largest absolute Gasteiger partial charge is 0.495 e. The van der Waals surface area contributed by atoms with Crippen molar-refractivity contribution in [3.8, 4) is 11.4 Å². The number of rotatable bonds is 5. The molecular formula is C24H23N5O3S. The minimum absolute atomic E-state index is 0.163. The van der Waals surface area contributed by atoms with Crippen LogP contribution in [0.2, 0.25) is 0 Å². The molecule has 3 heterocycles. The molecule has 2 aromatic carbocycles. The molecule has 0 radical (unpaired) electrons. The number of hydrogen-bond donors (Lipinski definition) is 1. The van der Waals surface area contributed by atoms with Gasteiger partial charge in [0.25, 0.3) is 5.56 Å². The normalized spacial score (nSPS) is 14.9. The summed E-state index contributed by atoms with van der Waals surface area (Å²) in [5, 5.41) is 8.39. The van der Waals surface area contributed by atoms with E-state index in [1.807, 2.05) is 38.1 Å². The SMILES string of the molecule is COc1ccccc1NC(=O)CC1CSc2nc3c(cnn3-c3ccc(C)cc3C)c(=O)n21. The summed E-state index contributed by atoms with van der Waals surface area (Å²) < 4.78 is 8.64. The van der Waals surface area contributed by atoms with Gasteiger partial charge in [0.2, 0.25) is 5.91 Å². The van der Waals surface area contributed by atoms with Gasteiger partial charge in [-0.3, -0.25) is 14.2 Å². The Morgan fingerprint density at radius 3 is 2.85 bits per heavy atom. The highest BCUT2D eigenvalue weighted by Gasteiger charge is 2.30. The van der Waals surface area contributed by atoms with Gasteiger partial charge in [0.15, 0.2) is 10.8 Å². The molecule has 1 atom stereocenters. The topological polar surface area (TPSA) is 91.0 Å². The lowest BCUT2D eigenvalue weighted by Gasteiger charge is -2.15. The Bertz CT molecular complexity index is 1440. The van der Waals surface area contributed by atoms with E-state index in [1.54, 1.807) is 34.7 Å². The maximum Gasteiger partial charge on any atom is 0.265 e. The molecule has 1 unspecified atom stereocenters. The molecule has 1 amide bonds. The van der Waals surface area contributed by atoms with Crippen molar-refractivity contribution >= 4 is 34.4 Å². The van der Waals surface area contributed by atoms with E-state index in [1.165, 1.54) is 11.8 Å². The van der Waals surface area contributed by atoms with E-state index in [0.717, 1.165) is 16.8 Å². The van der Waals surface area contributed by atoms with Crippen molar-refractivity contribution in [2.24, 2.45) is 0 Å². The molecule has 168 valence electrons. The number of para-hydroxylation sites is 2. The third kappa shape index (κ3) is 3.78. The van der Waals surface area contributed by atoms with Crippen molar-refractivity contribution in [1.29, 1.82) is 0 Å². The van der Waals surface area contributed by atoms with E-state index in [4.69, 9.17) is 9.72 Å².